The monoisotopic (exact) mass is 375 g/mol. The zero-order valence-electron chi connectivity index (χ0n) is 16.6. The molecule has 6 heteroatoms. The normalized spacial score (nSPS) is 11.0. The number of nitrogens with zero attached hydrogens (tertiary/aromatic N) is 1. The number of hydrogen-bond donors (Lipinski definition) is 2. The lowest BCUT2D eigenvalue weighted by molar-refractivity contribution is -0.143. The third-order valence-electron chi connectivity index (χ3n) is 3.90. The van der Waals surface area contributed by atoms with Gasteiger partial charge in [-0.1, -0.05) is 43.7 Å². The van der Waals surface area contributed by atoms with Crippen molar-refractivity contribution in [1.29, 1.82) is 0 Å². The molecule has 0 amide bonds. The lowest BCUT2D eigenvalue weighted by Gasteiger charge is -2.14. The molecular formula is C21H33N3O3. The van der Waals surface area contributed by atoms with E-state index in [9.17, 15) is 4.79 Å². The Bertz CT molecular complexity index is 588. The van der Waals surface area contributed by atoms with Gasteiger partial charge in [0, 0.05) is 32.1 Å². The zero-order valence-corrected chi connectivity index (χ0v) is 16.6. The van der Waals surface area contributed by atoms with E-state index < -0.39 is 0 Å². The smallest absolute Gasteiger partial charge is 0.305 e. The molecule has 1 aromatic carbocycles. The Labute approximate surface area is 163 Å². The van der Waals surface area contributed by atoms with Crippen LogP contribution in [0.1, 0.15) is 44.6 Å². The number of benzene rings is 1. The number of esters is 1. The van der Waals surface area contributed by atoms with Crippen molar-refractivity contribution >= 4 is 11.9 Å². The van der Waals surface area contributed by atoms with Crippen molar-refractivity contribution in [2.45, 2.75) is 45.6 Å². The highest BCUT2D eigenvalue weighted by Crippen LogP contribution is 2.17. The minimum Gasteiger partial charge on any atom is -0.489 e. The van der Waals surface area contributed by atoms with Crippen LogP contribution in [0.15, 0.2) is 41.9 Å². The number of aliphatic imine (C=N–C) groups is 1. The van der Waals surface area contributed by atoms with Crippen molar-refractivity contribution in [1.82, 2.24) is 10.6 Å². The van der Waals surface area contributed by atoms with Crippen molar-refractivity contribution in [2.24, 2.45) is 4.99 Å². The number of rotatable bonds is 13. The Balaban J connectivity index is 2.22. The van der Waals surface area contributed by atoms with Gasteiger partial charge in [0.15, 0.2) is 5.96 Å². The van der Waals surface area contributed by atoms with Crippen LogP contribution in [0, 0.1) is 0 Å². The largest absolute Gasteiger partial charge is 0.489 e. The first-order valence-corrected chi connectivity index (χ1v) is 9.63. The minimum absolute atomic E-state index is 0.0995. The Hall–Kier alpha value is -2.50. The van der Waals surface area contributed by atoms with Gasteiger partial charge < -0.3 is 20.1 Å². The van der Waals surface area contributed by atoms with Gasteiger partial charge in [0.05, 0.1) is 6.61 Å². The second kappa shape index (κ2) is 14.6. The first-order chi connectivity index (χ1) is 13.2. The Kier molecular flexibility index (Phi) is 12.2. The number of unbranched alkanes of at least 4 members (excludes halogenated alkanes) is 3. The molecule has 0 unspecified atom stereocenters. The van der Waals surface area contributed by atoms with Crippen LogP contribution in [0.25, 0.3) is 0 Å². The van der Waals surface area contributed by atoms with Crippen LogP contribution < -0.4 is 15.4 Å². The van der Waals surface area contributed by atoms with Gasteiger partial charge in [0.2, 0.25) is 0 Å². The highest BCUT2D eigenvalue weighted by Gasteiger charge is 2.04. The standard InChI is InChI=1S/C21H33N3O3/c1-4-16-27-19-13-10-9-12-18(19)17-24-21(22-3)23-15-11-7-6-8-14-20(25)26-5-2/h4,9-10,12-13H,1,5-8,11,14-17H2,2-3H3,(H2,22,23,24). The number of para-hydroxylation sites is 1. The molecule has 1 rings (SSSR count). The van der Waals surface area contributed by atoms with Crippen LogP contribution in [-0.4, -0.2) is 38.7 Å². The second-order valence-corrected chi connectivity index (χ2v) is 6.03. The average molecular weight is 376 g/mol. The molecule has 2 N–H and O–H groups in total. The lowest BCUT2D eigenvalue weighted by Crippen LogP contribution is -2.37. The summed E-state index contributed by atoms with van der Waals surface area (Å²) in [4.78, 5) is 15.5. The fraction of sp³-hybridized carbons (Fsp3) is 0.524. The molecule has 0 bridgehead atoms. The van der Waals surface area contributed by atoms with Crippen LogP contribution in [0.5, 0.6) is 5.75 Å². The van der Waals surface area contributed by atoms with E-state index in [1.54, 1.807) is 13.1 Å². The van der Waals surface area contributed by atoms with Gasteiger partial charge in [-0.3, -0.25) is 9.79 Å². The Morgan fingerprint density at radius 3 is 2.70 bits per heavy atom. The molecule has 0 spiro atoms. The fourth-order valence-electron chi connectivity index (χ4n) is 2.53. The van der Waals surface area contributed by atoms with Crippen molar-refractivity contribution < 1.29 is 14.3 Å². The summed E-state index contributed by atoms with van der Waals surface area (Å²) in [6, 6.07) is 7.93. The topological polar surface area (TPSA) is 72.0 Å². The number of carbonyl (C=O) groups is 1. The second-order valence-electron chi connectivity index (χ2n) is 6.03. The van der Waals surface area contributed by atoms with E-state index in [4.69, 9.17) is 9.47 Å². The number of nitrogens with one attached hydrogen (secondary N) is 2. The molecule has 0 fully saturated rings. The van der Waals surface area contributed by atoms with Gasteiger partial charge >= 0.3 is 5.97 Å². The van der Waals surface area contributed by atoms with Crippen molar-refractivity contribution in [3.63, 3.8) is 0 Å². The predicted octanol–water partition coefficient (Wildman–Crippen LogP) is 3.43. The van der Waals surface area contributed by atoms with Crippen molar-refractivity contribution in [2.75, 3.05) is 26.8 Å². The number of ether oxygens (including phenoxy) is 2. The molecule has 0 aliphatic rings. The molecule has 0 heterocycles. The van der Waals surface area contributed by atoms with Crippen LogP contribution in [-0.2, 0) is 16.1 Å². The van der Waals surface area contributed by atoms with E-state index in [2.05, 4.69) is 22.2 Å². The minimum atomic E-state index is -0.0995. The Morgan fingerprint density at radius 1 is 1.19 bits per heavy atom. The Morgan fingerprint density at radius 2 is 1.96 bits per heavy atom. The van der Waals surface area contributed by atoms with E-state index in [-0.39, 0.29) is 5.97 Å². The molecular weight excluding hydrogens is 342 g/mol. The molecule has 150 valence electrons. The third-order valence-corrected chi connectivity index (χ3v) is 3.90. The van der Waals surface area contributed by atoms with Crippen LogP contribution in [0.4, 0.5) is 0 Å². The highest BCUT2D eigenvalue weighted by molar-refractivity contribution is 5.79. The summed E-state index contributed by atoms with van der Waals surface area (Å²) in [6.07, 6.45) is 6.26. The number of carbonyl (C=O) groups excluding carboxylic acids is 1. The maximum atomic E-state index is 11.3. The van der Waals surface area contributed by atoms with Crippen LogP contribution in [0.2, 0.25) is 0 Å². The SMILES string of the molecule is C=CCOc1ccccc1CNC(=NC)NCCCCCCC(=O)OCC. The summed E-state index contributed by atoms with van der Waals surface area (Å²) >= 11 is 0. The van der Waals surface area contributed by atoms with Gasteiger partial charge in [-0.2, -0.15) is 0 Å². The third kappa shape index (κ3) is 10.3. The first-order valence-electron chi connectivity index (χ1n) is 9.63. The predicted molar refractivity (Wildman–Crippen MR) is 110 cm³/mol. The first kappa shape index (κ1) is 22.5. The van der Waals surface area contributed by atoms with Gasteiger partial charge in [-0.15, -0.1) is 0 Å². The summed E-state index contributed by atoms with van der Waals surface area (Å²) in [7, 11) is 1.76. The zero-order chi connectivity index (χ0) is 19.7. The summed E-state index contributed by atoms with van der Waals surface area (Å²) in [6.45, 7) is 7.92. The van der Waals surface area contributed by atoms with E-state index in [0.29, 0.717) is 26.2 Å². The van der Waals surface area contributed by atoms with E-state index in [0.717, 1.165) is 49.5 Å². The fourth-order valence-corrected chi connectivity index (χ4v) is 2.53. The van der Waals surface area contributed by atoms with Gasteiger partial charge in [0.25, 0.3) is 0 Å². The summed E-state index contributed by atoms with van der Waals surface area (Å²) < 4.78 is 10.6. The van der Waals surface area contributed by atoms with Crippen LogP contribution >= 0.6 is 0 Å². The van der Waals surface area contributed by atoms with E-state index in [1.807, 2.05) is 31.2 Å². The van der Waals surface area contributed by atoms with Gasteiger partial charge in [-0.05, 0) is 25.8 Å². The van der Waals surface area contributed by atoms with E-state index in [1.165, 1.54) is 0 Å². The summed E-state index contributed by atoms with van der Waals surface area (Å²) in [5.41, 5.74) is 1.07. The van der Waals surface area contributed by atoms with Crippen molar-refractivity contribution in [3.05, 3.63) is 42.5 Å². The van der Waals surface area contributed by atoms with Gasteiger partial charge in [0.1, 0.15) is 12.4 Å². The molecule has 0 aromatic heterocycles. The maximum Gasteiger partial charge on any atom is 0.305 e. The molecule has 0 atom stereocenters. The van der Waals surface area contributed by atoms with Gasteiger partial charge in [-0.25, -0.2) is 0 Å². The number of guanidine groups is 1. The molecule has 0 saturated carbocycles. The molecule has 1 aromatic rings. The molecule has 0 saturated heterocycles. The molecule has 6 nitrogen and oxygen atoms in total. The quantitative estimate of drug-likeness (QED) is 0.182. The number of hydrogen-bond acceptors (Lipinski definition) is 4. The van der Waals surface area contributed by atoms with Crippen molar-refractivity contribution in [3.8, 4) is 5.75 Å². The molecule has 0 aliphatic carbocycles. The molecule has 0 radical (unpaired) electrons. The highest BCUT2D eigenvalue weighted by atomic mass is 16.5. The summed E-state index contributed by atoms with van der Waals surface area (Å²) in [5.74, 6) is 1.51. The lowest BCUT2D eigenvalue weighted by atomic mass is 10.1. The maximum absolute atomic E-state index is 11.3. The average Bonchev–Trinajstić information content (AvgIpc) is 2.68. The molecule has 0 aliphatic heterocycles. The van der Waals surface area contributed by atoms with E-state index >= 15 is 0 Å². The molecule has 27 heavy (non-hydrogen) atoms. The summed E-state index contributed by atoms with van der Waals surface area (Å²) in [5, 5.41) is 6.62. The van der Waals surface area contributed by atoms with Crippen LogP contribution in [0.3, 0.4) is 0 Å².